The maximum absolute atomic E-state index is 11.7. The lowest BCUT2D eigenvalue weighted by atomic mass is 10.0. The summed E-state index contributed by atoms with van der Waals surface area (Å²) in [5, 5.41) is 6.82. The van der Waals surface area contributed by atoms with Gasteiger partial charge in [0.05, 0.1) is 6.04 Å². The van der Waals surface area contributed by atoms with Gasteiger partial charge in [0.15, 0.2) is 0 Å². The minimum atomic E-state index is -0.0850. The van der Waals surface area contributed by atoms with Crippen LogP contribution in [-0.4, -0.2) is 13.0 Å². The number of nitrogens with one attached hydrogen (secondary N) is 2. The molecule has 0 fully saturated rings. The molecule has 0 bridgehead atoms. The first-order valence-electron chi connectivity index (χ1n) is 6.98. The Labute approximate surface area is 130 Å². The van der Waals surface area contributed by atoms with E-state index in [4.69, 9.17) is 11.6 Å². The van der Waals surface area contributed by atoms with Crippen molar-refractivity contribution >= 4 is 23.2 Å². The molecule has 1 atom stereocenters. The highest BCUT2D eigenvalue weighted by Crippen LogP contribution is 2.24. The molecule has 0 saturated carbocycles. The predicted molar refractivity (Wildman–Crippen MR) is 87.9 cm³/mol. The Morgan fingerprint density at radius 1 is 1.19 bits per heavy atom. The Morgan fingerprint density at radius 3 is 2.52 bits per heavy atom. The Hall–Kier alpha value is -2.00. The first kappa shape index (κ1) is 15.4. The van der Waals surface area contributed by atoms with Crippen LogP contribution >= 0.6 is 11.6 Å². The van der Waals surface area contributed by atoms with Crippen LogP contribution in [0.25, 0.3) is 0 Å². The van der Waals surface area contributed by atoms with Gasteiger partial charge in [-0.2, -0.15) is 0 Å². The molecule has 0 aliphatic heterocycles. The van der Waals surface area contributed by atoms with E-state index in [-0.39, 0.29) is 11.9 Å². The van der Waals surface area contributed by atoms with Crippen molar-refractivity contribution in [3.8, 4) is 0 Å². The molecule has 0 aliphatic carbocycles. The Kier molecular flexibility index (Phi) is 5.23. The molecule has 2 aromatic rings. The van der Waals surface area contributed by atoms with E-state index in [2.05, 4.69) is 17.6 Å². The molecule has 0 aliphatic rings. The van der Waals surface area contributed by atoms with Crippen molar-refractivity contribution in [2.24, 2.45) is 0 Å². The summed E-state index contributed by atoms with van der Waals surface area (Å²) in [7, 11) is 1.63. The van der Waals surface area contributed by atoms with Crippen molar-refractivity contribution < 1.29 is 4.79 Å². The highest BCUT2D eigenvalue weighted by atomic mass is 35.5. The van der Waals surface area contributed by atoms with Crippen molar-refractivity contribution in [3.05, 3.63) is 64.7 Å². The van der Waals surface area contributed by atoms with Gasteiger partial charge in [0.1, 0.15) is 0 Å². The molecule has 0 heterocycles. The fraction of sp³-hybridized carbons (Fsp3) is 0.235. The summed E-state index contributed by atoms with van der Waals surface area (Å²) < 4.78 is 0. The summed E-state index contributed by atoms with van der Waals surface area (Å²) in [4.78, 5) is 11.7. The minimum absolute atomic E-state index is 0.0850. The van der Waals surface area contributed by atoms with Crippen LogP contribution in [0.2, 0.25) is 5.02 Å². The van der Waals surface area contributed by atoms with Crippen LogP contribution in [-0.2, 0) is 0 Å². The zero-order valence-electron chi connectivity index (χ0n) is 12.2. The summed E-state index contributed by atoms with van der Waals surface area (Å²) in [6.07, 6.45) is 0.936. The predicted octanol–water partition coefficient (Wildman–Crippen LogP) is 4.26. The van der Waals surface area contributed by atoms with Crippen LogP contribution in [0.1, 0.15) is 35.3 Å². The second-order valence-electron chi connectivity index (χ2n) is 4.82. The van der Waals surface area contributed by atoms with Crippen LogP contribution in [0.3, 0.4) is 0 Å². The molecule has 3 nitrogen and oxygen atoms in total. The number of halogens is 1. The van der Waals surface area contributed by atoms with Gasteiger partial charge in [-0.3, -0.25) is 4.79 Å². The maximum atomic E-state index is 11.7. The summed E-state index contributed by atoms with van der Waals surface area (Å²) >= 11 is 5.93. The Morgan fingerprint density at radius 2 is 1.90 bits per heavy atom. The number of carbonyl (C=O) groups is 1. The van der Waals surface area contributed by atoms with Gasteiger partial charge in [-0.15, -0.1) is 0 Å². The van der Waals surface area contributed by atoms with Gasteiger partial charge in [-0.25, -0.2) is 0 Å². The minimum Gasteiger partial charge on any atom is -0.378 e. The highest BCUT2D eigenvalue weighted by Gasteiger charge is 2.10. The van der Waals surface area contributed by atoms with Gasteiger partial charge in [-0.1, -0.05) is 36.7 Å². The molecule has 110 valence electrons. The van der Waals surface area contributed by atoms with Gasteiger partial charge in [0.25, 0.3) is 5.91 Å². The zero-order valence-corrected chi connectivity index (χ0v) is 12.9. The van der Waals surface area contributed by atoms with E-state index in [0.717, 1.165) is 17.1 Å². The second-order valence-corrected chi connectivity index (χ2v) is 5.25. The van der Waals surface area contributed by atoms with Crippen LogP contribution in [0, 0.1) is 0 Å². The van der Waals surface area contributed by atoms with Crippen molar-refractivity contribution in [3.63, 3.8) is 0 Å². The summed E-state index contributed by atoms with van der Waals surface area (Å²) in [5.41, 5.74) is 2.75. The van der Waals surface area contributed by atoms with Crippen molar-refractivity contribution in [1.29, 1.82) is 0 Å². The molecular weight excluding hydrogens is 284 g/mol. The number of anilines is 1. The molecule has 2 N–H and O–H groups in total. The molecule has 0 saturated heterocycles. The fourth-order valence-corrected chi connectivity index (χ4v) is 2.34. The molecule has 1 unspecified atom stereocenters. The Bertz CT molecular complexity index is 610. The molecular formula is C17H19ClN2O. The average Bonchev–Trinajstić information content (AvgIpc) is 2.53. The normalized spacial score (nSPS) is 11.8. The largest absolute Gasteiger partial charge is 0.378 e. The summed E-state index contributed by atoms with van der Waals surface area (Å²) in [5.74, 6) is -0.0850. The van der Waals surface area contributed by atoms with E-state index in [9.17, 15) is 4.79 Å². The maximum Gasteiger partial charge on any atom is 0.251 e. The smallest absolute Gasteiger partial charge is 0.251 e. The molecule has 2 rings (SSSR count). The third kappa shape index (κ3) is 3.99. The topological polar surface area (TPSA) is 41.1 Å². The van der Waals surface area contributed by atoms with Gasteiger partial charge in [0.2, 0.25) is 0 Å². The van der Waals surface area contributed by atoms with Crippen LogP contribution < -0.4 is 10.6 Å². The fourth-order valence-electron chi connectivity index (χ4n) is 2.21. The third-order valence-corrected chi connectivity index (χ3v) is 3.63. The van der Waals surface area contributed by atoms with Gasteiger partial charge < -0.3 is 10.6 Å². The molecule has 0 radical (unpaired) electrons. The van der Waals surface area contributed by atoms with Crippen molar-refractivity contribution in [2.75, 3.05) is 12.4 Å². The molecule has 0 spiro atoms. The lowest BCUT2D eigenvalue weighted by Gasteiger charge is -2.19. The van der Waals surface area contributed by atoms with Crippen molar-refractivity contribution in [2.45, 2.75) is 19.4 Å². The molecule has 2 aromatic carbocycles. The number of hydrogen-bond acceptors (Lipinski definition) is 2. The lowest BCUT2D eigenvalue weighted by molar-refractivity contribution is 0.0963. The van der Waals surface area contributed by atoms with E-state index in [1.54, 1.807) is 13.1 Å². The number of benzene rings is 2. The highest BCUT2D eigenvalue weighted by molar-refractivity contribution is 6.30. The quantitative estimate of drug-likeness (QED) is 0.866. The second kappa shape index (κ2) is 7.14. The van der Waals surface area contributed by atoms with E-state index in [1.165, 1.54) is 5.56 Å². The monoisotopic (exact) mass is 302 g/mol. The molecule has 4 heteroatoms. The average molecular weight is 303 g/mol. The van der Waals surface area contributed by atoms with Crippen LogP contribution in [0.15, 0.2) is 48.5 Å². The van der Waals surface area contributed by atoms with Gasteiger partial charge >= 0.3 is 0 Å². The SMILES string of the molecule is CCC(Nc1cccc(C(=O)NC)c1)c1ccc(Cl)cc1. The lowest BCUT2D eigenvalue weighted by Crippen LogP contribution is -2.18. The van der Waals surface area contributed by atoms with E-state index in [1.807, 2.05) is 42.5 Å². The Balaban J connectivity index is 2.18. The first-order chi connectivity index (χ1) is 10.1. The van der Waals surface area contributed by atoms with Gasteiger partial charge in [-0.05, 0) is 42.3 Å². The standard InChI is InChI=1S/C17H19ClN2O/c1-3-16(12-7-9-14(18)10-8-12)20-15-6-4-5-13(11-15)17(21)19-2/h4-11,16,20H,3H2,1-2H3,(H,19,21). The van der Waals surface area contributed by atoms with E-state index >= 15 is 0 Å². The number of amides is 1. The van der Waals surface area contributed by atoms with Crippen molar-refractivity contribution in [1.82, 2.24) is 5.32 Å². The zero-order chi connectivity index (χ0) is 15.2. The number of hydrogen-bond donors (Lipinski definition) is 2. The van der Waals surface area contributed by atoms with Crippen LogP contribution in [0.5, 0.6) is 0 Å². The summed E-state index contributed by atoms with van der Waals surface area (Å²) in [6.45, 7) is 2.12. The van der Waals surface area contributed by atoms with Gasteiger partial charge in [0, 0.05) is 23.3 Å². The van der Waals surface area contributed by atoms with Crippen LogP contribution in [0.4, 0.5) is 5.69 Å². The van der Waals surface area contributed by atoms with E-state index < -0.39 is 0 Å². The summed E-state index contributed by atoms with van der Waals surface area (Å²) in [6, 6.07) is 15.5. The molecule has 21 heavy (non-hydrogen) atoms. The number of carbonyl (C=O) groups excluding carboxylic acids is 1. The van der Waals surface area contributed by atoms with E-state index in [0.29, 0.717) is 5.56 Å². The molecule has 1 amide bonds. The molecule has 0 aromatic heterocycles. The number of rotatable bonds is 5. The third-order valence-electron chi connectivity index (χ3n) is 3.37. The first-order valence-corrected chi connectivity index (χ1v) is 7.36.